The van der Waals surface area contributed by atoms with Crippen molar-refractivity contribution < 1.29 is 4.79 Å². The summed E-state index contributed by atoms with van der Waals surface area (Å²) >= 11 is 1.43. The first-order chi connectivity index (χ1) is 10.2. The average molecular weight is 304 g/mol. The number of hydrogen-bond acceptors (Lipinski definition) is 3. The second-order valence-corrected chi connectivity index (χ2v) is 6.76. The number of nitrogens with one attached hydrogen (secondary N) is 1. The predicted octanol–water partition coefficient (Wildman–Crippen LogP) is 3.00. The van der Waals surface area contributed by atoms with Gasteiger partial charge in [0.2, 0.25) is 0 Å². The summed E-state index contributed by atoms with van der Waals surface area (Å²) in [6, 6.07) is 3.73. The zero-order chi connectivity index (χ0) is 15.1. The molecule has 1 aliphatic rings. The van der Waals surface area contributed by atoms with E-state index in [-0.39, 0.29) is 5.91 Å². The number of amides is 1. The van der Waals surface area contributed by atoms with Crippen LogP contribution in [0.25, 0.3) is 0 Å². The van der Waals surface area contributed by atoms with Gasteiger partial charge in [0.1, 0.15) is 0 Å². The highest BCUT2D eigenvalue weighted by Gasteiger charge is 2.20. The molecule has 1 aromatic heterocycles. The molecule has 21 heavy (non-hydrogen) atoms. The van der Waals surface area contributed by atoms with Crippen LogP contribution in [0, 0.1) is 23.7 Å². The van der Waals surface area contributed by atoms with Gasteiger partial charge in [-0.15, -0.1) is 11.3 Å². The Labute approximate surface area is 131 Å². The van der Waals surface area contributed by atoms with E-state index in [2.05, 4.69) is 24.1 Å². The fourth-order valence-electron chi connectivity index (χ4n) is 2.83. The molecule has 2 rings (SSSR count). The molecule has 3 nitrogen and oxygen atoms in total. The number of rotatable bonds is 4. The summed E-state index contributed by atoms with van der Waals surface area (Å²) in [5.41, 5.74) is 5.34. The summed E-state index contributed by atoms with van der Waals surface area (Å²) in [6.07, 6.45) is 6.41. The van der Waals surface area contributed by atoms with Crippen LogP contribution in [-0.4, -0.2) is 19.0 Å². The quantitative estimate of drug-likeness (QED) is 0.840. The van der Waals surface area contributed by atoms with Crippen molar-refractivity contribution in [2.75, 3.05) is 13.1 Å². The molecule has 0 unspecified atom stereocenters. The molecular formula is C17H24N2OS. The van der Waals surface area contributed by atoms with Crippen molar-refractivity contribution in [3.05, 3.63) is 21.9 Å². The van der Waals surface area contributed by atoms with Gasteiger partial charge in [0, 0.05) is 6.54 Å². The lowest BCUT2D eigenvalue weighted by atomic mass is 9.81. The molecule has 1 aromatic rings. The zero-order valence-electron chi connectivity index (χ0n) is 12.7. The second-order valence-electron chi connectivity index (χ2n) is 5.67. The molecule has 1 amide bonds. The lowest BCUT2D eigenvalue weighted by molar-refractivity contribution is 0.0945. The Hall–Kier alpha value is -1.31. The van der Waals surface area contributed by atoms with Crippen LogP contribution in [0.5, 0.6) is 0 Å². The first kappa shape index (κ1) is 16.1. The van der Waals surface area contributed by atoms with Crippen LogP contribution in [-0.2, 0) is 0 Å². The number of carbonyl (C=O) groups excluding carboxylic acids is 1. The summed E-state index contributed by atoms with van der Waals surface area (Å²) in [5, 5.41) is 3.07. The topological polar surface area (TPSA) is 55.1 Å². The van der Waals surface area contributed by atoms with Crippen molar-refractivity contribution in [2.45, 2.75) is 39.0 Å². The van der Waals surface area contributed by atoms with E-state index in [1.54, 1.807) is 0 Å². The SMILES string of the molecule is CCC1CCC(CNC(=O)c2ccc(C#CCN)s2)CC1. The monoisotopic (exact) mass is 304 g/mol. The zero-order valence-corrected chi connectivity index (χ0v) is 13.5. The number of hydrogen-bond donors (Lipinski definition) is 2. The van der Waals surface area contributed by atoms with Crippen molar-refractivity contribution in [2.24, 2.45) is 17.6 Å². The largest absolute Gasteiger partial charge is 0.351 e. The van der Waals surface area contributed by atoms with Crippen molar-refractivity contribution in [1.82, 2.24) is 5.32 Å². The number of thiophene rings is 1. The van der Waals surface area contributed by atoms with Crippen molar-refractivity contribution in [3.8, 4) is 11.8 Å². The van der Waals surface area contributed by atoms with Gasteiger partial charge in [0.05, 0.1) is 16.3 Å². The molecule has 0 spiro atoms. The molecule has 0 bridgehead atoms. The smallest absolute Gasteiger partial charge is 0.261 e. The average Bonchev–Trinajstić information content (AvgIpc) is 3.00. The highest BCUT2D eigenvalue weighted by Crippen LogP contribution is 2.30. The molecule has 1 saturated carbocycles. The van der Waals surface area contributed by atoms with Crippen molar-refractivity contribution in [3.63, 3.8) is 0 Å². The number of carbonyl (C=O) groups is 1. The maximum absolute atomic E-state index is 12.1. The van der Waals surface area contributed by atoms with E-state index in [1.807, 2.05) is 12.1 Å². The van der Waals surface area contributed by atoms with E-state index in [4.69, 9.17) is 5.73 Å². The van der Waals surface area contributed by atoms with Crippen LogP contribution in [0.4, 0.5) is 0 Å². The van der Waals surface area contributed by atoms with Crippen LogP contribution >= 0.6 is 11.3 Å². The molecule has 0 atom stereocenters. The maximum atomic E-state index is 12.1. The van der Waals surface area contributed by atoms with Gasteiger partial charge in [-0.2, -0.15) is 0 Å². The van der Waals surface area contributed by atoms with Crippen LogP contribution < -0.4 is 11.1 Å². The summed E-state index contributed by atoms with van der Waals surface area (Å²) in [4.78, 5) is 13.8. The maximum Gasteiger partial charge on any atom is 0.261 e. The number of nitrogens with two attached hydrogens (primary N) is 1. The fraction of sp³-hybridized carbons (Fsp3) is 0.588. The molecule has 0 aliphatic heterocycles. The lowest BCUT2D eigenvalue weighted by Crippen LogP contribution is -2.30. The summed E-state index contributed by atoms with van der Waals surface area (Å²) in [7, 11) is 0. The van der Waals surface area contributed by atoms with Gasteiger partial charge in [0.25, 0.3) is 5.91 Å². The third-order valence-corrected chi connectivity index (χ3v) is 5.24. The van der Waals surface area contributed by atoms with Gasteiger partial charge in [-0.05, 0) is 36.8 Å². The molecule has 3 N–H and O–H groups in total. The Bertz CT molecular complexity index is 518. The van der Waals surface area contributed by atoms with Gasteiger partial charge < -0.3 is 11.1 Å². The molecule has 0 saturated heterocycles. The molecule has 0 radical (unpaired) electrons. The van der Waals surface area contributed by atoms with Crippen LogP contribution in [0.15, 0.2) is 12.1 Å². The fourth-order valence-corrected chi connectivity index (χ4v) is 3.63. The van der Waals surface area contributed by atoms with E-state index < -0.39 is 0 Å². The Morgan fingerprint density at radius 3 is 2.71 bits per heavy atom. The van der Waals surface area contributed by atoms with Gasteiger partial charge in [-0.25, -0.2) is 0 Å². The first-order valence-corrected chi connectivity index (χ1v) is 8.61. The summed E-state index contributed by atoms with van der Waals surface area (Å²) in [5.74, 6) is 7.34. The van der Waals surface area contributed by atoms with Crippen LogP contribution in [0.2, 0.25) is 0 Å². The Kier molecular flexibility index (Phi) is 6.28. The molecule has 114 valence electrons. The van der Waals surface area contributed by atoms with Crippen molar-refractivity contribution in [1.29, 1.82) is 0 Å². The first-order valence-electron chi connectivity index (χ1n) is 7.80. The van der Waals surface area contributed by atoms with Crippen molar-refractivity contribution >= 4 is 17.2 Å². The Morgan fingerprint density at radius 2 is 2.05 bits per heavy atom. The standard InChI is InChI=1S/C17H24N2OS/c1-2-13-5-7-14(8-6-13)12-19-17(20)16-10-9-15(21-16)4-3-11-18/h9-10,13-14H,2,5-8,11-12,18H2,1H3,(H,19,20). The second kappa shape index (κ2) is 8.21. The van der Waals surface area contributed by atoms with E-state index in [0.717, 1.165) is 22.2 Å². The van der Waals surface area contributed by atoms with Gasteiger partial charge in [0.15, 0.2) is 0 Å². The van der Waals surface area contributed by atoms with Crippen LogP contribution in [0.3, 0.4) is 0 Å². The summed E-state index contributed by atoms with van der Waals surface area (Å²) in [6.45, 7) is 3.42. The van der Waals surface area contributed by atoms with Crippen LogP contribution in [0.1, 0.15) is 53.6 Å². The predicted molar refractivity (Wildman–Crippen MR) is 88.3 cm³/mol. The lowest BCUT2D eigenvalue weighted by Gasteiger charge is -2.27. The molecule has 1 aliphatic carbocycles. The van der Waals surface area contributed by atoms with Gasteiger partial charge in [-0.3, -0.25) is 4.79 Å². The minimum Gasteiger partial charge on any atom is -0.351 e. The third kappa shape index (κ3) is 4.87. The highest BCUT2D eigenvalue weighted by molar-refractivity contribution is 7.14. The Morgan fingerprint density at radius 1 is 1.33 bits per heavy atom. The summed E-state index contributed by atoms with van der Waals surface area (Å²) < 4.78 is 0. The van der Waals surface area contributed by atoms with E-state index in [1.165, 1.54) is 43.4 Å². The minimum absolute atomic E-state index is 0.0263. The highest BCUT2D eigenvalue weighted by atomic mass is 32.1. The molecule has 0 aromatic carbocycles. The third-order valence-electron chi connectivity index (χ3n) is 4.24. The molecule has 1 fully saturated rings. The van der Waals surface area contributed by atoms with Gasteiger partial charge in [-0.1, -0.05) is 38.0 Å². The molecule has 4 heteroatoms. The normalized spacial score (nSPS) is 21.4. The molecular weight excluding hydrogens is 280 g/mol. The minimum atomic E-state index is 0.0263. The van der Waals surface area contributed by atoms with E-state index >= 15 is 0 Å². The molecule has 1 heterocycles. The Balaban J connectivity index is 1.78. The van der Waals surface area contributed by atoms with E-state index in [9.17, 15) is 4.79 Å². The van der Waals surface area contributed by atoms with E-state index in [0.29, 0.717) is 12.5 Å². The van der Waals surface area contributed by atoms with Gasteiger partial charge >= 0.3 is 0 Å².